The fourth-order valence-corrected chi connectivity index (χ4v) is 5.64. The first-order valence-electron chi connectivity index (χ1n) is 9.35. The second kappa shape index (κ2) is 5.35. The second-order valence-electron chi connectivity index (χ2n) is 7.99. The summed E-state index contributed by atoms with van der Waals surface area (Å²) in [6, 6.07) is 5.73. The van der Waals surface area contributed by atoms with Gasteiger partial charge >= 0.3 is 0 Å². The van der Waals surface area contributed by atoms with Gasteiger partial charge in [-0.3, -0.25) is 14.5 Å². The van der Waals surface area contributed by atoms with Crippen molar-refractivity contribution in [3.63, 3.8) is 0 Å². The molecule has 1 aromatic carbocycles. The molecule has 2 amide bonds. The number of carbonyl (C=O) groups excluding carboxylic acids is 2. The van der Waals surface area contributed by atoms with Crippen LogP contribution in [-0.4, -0.2) is 37.5 Å². The lowest BCUT2D eigenvalue weighted by molar-refractivity contribution is -0.141. The van der Waals surface area contributed by atoms with E-state index in [1.165, 1.54) is 17.7 Å². The van der Waals surface area contributed by atoms with Crippen molar-refractivity contribution in [3.8, 4) is 11.5 Å². The van der Waals surface area contributed by atoms with Gasteiger partial charge in [0.1, 0.15) is 0 Å². The zero-order valence-electron chi connectivity index (χ0n) is 15.1. The van der Waals surface area contributed by atoms with E-state index in [1.807, 2.05) is 18.2 Å². The highest BCUT2D eigenvalue weighted by molar-refractivity contribution is 6.06. The Bertz CT molecular complexity index is 791. The first kappa shape index (κ1) is 15.9. The molecule has 0 unspecified atom stereocenters. The number of ether oxygens (including phenoxy) is 2. The maximum absolute atomic E-state index is 13.0. The normalized spacial score (nSPS) is 32.5. The SMILES string of the molecule is COc1ccc(CCN2C(=O)[C@H]3[C@H](C2=O)[C@@H]2C=C[C@H]3C23CC3)cc1OC. The van der Waals surface area contributed by atoms with Gasteiger partial charge in [-0.1, -0.05) is 18.2 Å². The van der Waals surface area contributed by atoms with E-state index in [0.29, 0.717) is 36.3 Å². The van der Waals surface area contributed by atoms with Crippen LogP contribution in [0.2, 0.25) is 0 Å². The first-order chi connectivity index (χ1) is 12.6. The summed E-state index contributed by atoms with van der Waals surface area (Å²) in [7, 11) is 3.21. The fourth-order valence-electron chi connectivity index (χ4n) is 5.64. The van der Waals surface area contributed by atoms with E-state index in [9.17, 15) is 9.59 Å². The quantitative estimate of drug-likeness (QED) is 0.603. The predicted octanol–water partition coefficient (Wildman–Crippen LogP) is 2.44. The number of benzene rings is 1. The monoisotopic (exact) mass is 353 g/mol. The molecule has 0 N–H and O–H groups in total. The number of rotatable bonds is 5. The van der Waals surface area contributed by atoms with Gasteiger partial charge in [0, 0.05) is 6.54 Å². The Morgan fingerprint density at radius 2 is 1.62 bits per heavy atom. The summed E-state index contributed by atoms with van der Waals surface area (Å²) in [6.45, 7) is 0.437. The Balaban J connectivity index is 1.32. The minimum Gasteiger partial charge on any atom is -0.493 e. The molecule has 4 atom stereocenters. The highest BCUT2D eigenvalue weighted by Crippen LogP contribution is 2.73. The van der Waals surface area contributed by atoms with Gasteiger partial charge < -0.3 is 9.47 Å². The van der Waals surface area contributed by atoms with Crippen molar-refractivity contribution in [2.24, 2.45) is 29.1 Å². The van der Waals surface area contributed by atoms with Gasteiger partial charge in [0.2, 0.25) is 11.8 Å². The van der Waals surface area contributed by atoms with Crippen molar-refractivity contribution in [2.75, 3.05) is 20.8 Å². The Hall–Kier alpha value is -2.30. The van der Waals surface area contributed by atoms with E-state index in [2.05, 4.69) is 12.2 Å². The van der Waals surface area contributed by atoms with Crippen LogP contribution in [0.5, 0.6) is 11.5 Å². The van der Waals surface area contributed by atoms with Crippen LogP contribution >= 0.6 is 0 Å². The number of likely N-dealkylation sites (tertiary alicyclic amines) is 1. The van der Waals surface area contributed by atoms with Crippen LogP contribution in [0.15, 0.2) is 30.4 Å². The minimum atomic E-state index is -0.106. The van der Waals surface area contributed by atoms with Gasteiger partial charge in [0.05, 0.1) is 26.1 Å². The van der Waals surface area contributed by atoms with E-state index < -0.39 is 0 Å². The van der Waals surface area contributed by atoms with Crippen LogP contribution in [0.25, 0.3) is 0 Å². The molecule has 26 heavy (non-hydrogen) atoms. The van der Waals surface area contributed by atoms with E-state index >= 15 is 0 Å². The van der Waals surface area contributed by atoms with Crippen molar-refractivity contribution >= 4 is 11.8 Å². The maximum atomic E-state index is 13.0. The molecular weight excluding hydrogens is 330 g/mol. The molecule has 1 heterocycles. The number of hydrogen-bond acceptors (Lipinski definition) is 4. The van der Waals surface area contributed by atoms with Gasteiger partial charge in [0.25, 0.3) is 0 Å². The number of nitrogens with zero attached hydrogens (tertiary/aromatic N) is 1. The fraction of sp³-hybridized carbons (Fsp3) is 0.524. The van der Waals surface area contributed by atoms with Crippen molar-refractivity contribution in [2.45, 2.75) is 19.3 Å². The Labute approximate surface area is 153 Å². The van der Waals surface area contributed by atoms with Gasteiger partial charge in [-0.05, 0) is 54.2 Å². The van der Waals surface area contributed by atoms with Gasteiger partial charge in [-0.2, -0.15) is 0 Å². The lowest BCUT2D eigenvalue weighted by Gasteiger charge is -2.21. The molecular formula is C21H23NO4. The molecule has 1 spiro atoms. The molecule has 0 radical (unpaired) electrons. The molecule has 2 saturated carbocycles. The highest BCUT2D eigenvalue weighted by atomic mass is 16.5. The molecule has 5 nitrogen and oxygen atoms in total. The summed E-state index contributed by atoms with van der Waals surface area (Å²) in [4.78, 5) is 27.5. The molecule has 1 aliphatic heterocycles. The Morgan fingerprint density at radius 1 is 1.00 bits per heavy atom. The molecule has 5 rings (SSSR count). The second-order valence-corrected chi connectivity index (χ2v) is 7.99. The highest BCUT2D eigenvalue weighted by Gasteiger charge is 2.73. The van der Waals surface area contributed by atoms with E-state index in [1.54, 1.807) is 14.2 Å². The number of methoxy groups -OCH3 is 2. The average molecular weight is 353 g/mol. The van der Waals surface area contributed by atoms with Gasteiger partial charge in [-0.15, -0.1) is 0 Å². The molecule has 0 aromatic heterocycles. The number of imide groups is 1. The summed E-state index contributed by atoms with van der Waals surface area (Å²) in [5.41, 5.74) is 1.29. The maximum Gasteiger partial charge on any atom is 0.233 e. The molecule has 4 aliphatic rings. The van der Waals surface area contributed by atoms with Gasteiger partial charge in [0.15, 0.2) is 11.5 Å². The van der Waals surface area contributed by atoms with Gasteiger partial charge in [-0.25, -0.2) is 0 Å². The van der Waals surface area contributed by atoms with E-state index in [4.69, 9.17) is 9.47 Å². The zero-order chi connectivity index (χ0) is 18.1. The third-order valence-corrected chi connectivity index (χ3v) is 7.02. The smallest absolute Gasteiger partial charge is 0.233 e. The molecule has 2 bridgehead atoms. The van der Waals surface area contributed by atoms with Crippen LogP contribution in [0.3, 0.4) is 0 Å². The van der Waals surface area contributed by atoms with Crippen LogP contribution in [-0.2, 0) is 16.0 Å². The third kappa shape index (κ3) is 1.91. The Kier molecular flexibility index (Phi) is 3.27. The average Bonchev–Trinajstić information content (AvgIpc) is 3.26. The summed E-state index contributed by atoms with van der Waals surface area (Å²) < 4.78 is 10.6. The van der Waals surface area contributed by atoms with Crippen molar-refractivity contribution < 1.29 is 19.1 Å². The molecule has 3 aliphatic carbocycles. The summed E-state index contributed by atoms with van der Waals surface area (Å²) in [5, 5.41) is 0. The number of fused-ring (bicyclic) bond motifs is 3. The van der Waals surface area contributed by atoms with Crippen molar-refractivity contribution in [3.05, 3.63) is 35.9 Å². The molecule has 1 aromatic rings. The van der Waals surface area contributed by atoms with Crippen LogP contribution in [0.4, 0.5) is 0 Å². The minimum absolute atomic E-state index is 0.0450. The van der Waals surface area contributed by atoms with Crippen LogP contribution in [0.1, 0.15) is 18.4 Å². The summed E-state index contributed by atoms with van der Waals surface area (Å²) in [5.74, 6) is 1.80. The van der Waals surface area contributed by atoms with E-state index in [-0.39, 0.29) is 29.1 Å². The number of hydrogen-bond donors (Lipinski definition) is 0. The standard InChI is InChI=1S/C21H23NO4/c1-25-15-6-3-12(11-16(15)26-2)7-10-22-19(23)17-13-4-5-14(18(17)20(22)24)21(13)8-9-21/h3-6,11,13-14,17-18H,7-10H2,1-2H3/t13-,14+,17-,18-/m1/s1. The van der Waals surface area contributed by atoms with Crippen LogP contribution < -0.4 is 9.47 Å². The zero-order valence-corrected chi connectivity index (χ0v) is 15.1. The summed E-state index contributed by atoms with van der Waals surface area (Å²) >= 11 is 0. The molecule has 136 valence electrons. The lowest BCUT2D eigenvalue weighted by Crippen LogP contribution is -2.36. The molecule has 3 fully saturated rings. The number of allylic oxidation sites excluding steroid dienone is 2. The topological polar surface area (TPSA) is 55.8 Å². The summed E-state index contributed by atoms with van der Waals surface area (Å²) in [6.07, 6.45) is 7.40. The molecule has 1 saturated heterocycles. The first-order valence-corrected chi connectivity index (χ1v) is 9.35. The Morgan fingerprint density at radius 3 is 2.15 bits per heavy atom. The number of carbonyl (C=O) groups is 2. The predicted molar refractivity (Wildman–Crippen MR) is 94.7 cm³/mol. The van der Waals surface area contributed by atoms with Crippen LogP contribution in [0, 0.1) is 29.1 Å². The molecule has 5 heteroatoms. The number of amides is 2. The van der Waals surface area contributed by atoms with E-state index in [0.717, 1.165) is 5.56 Å². The van der Waals surface area contributed by atoms with Crippen molar-refractivity contribution in [1.82, 2.24) is 4.90 Å². The van der Waals surface area contributed by atoms with Crippen molar-refractivity contribution in [1.29, 1.82) is 0 Å². The largest absolute Gasteiger partial charge is 0.493 e. The lowest BCUT2D eigenvalue weighted by atomic mass is 9.85. The third-order valence-electron chi connectivity index (χ3n) is 7.02.